The first-order valence-electron chi connectivity index (χ1n) is 1.26. The quantitative estimate of drug-likeness (QED) is 0.424. The SMILES string of the molecule is O=C([O-])O.O=C([O-])O.[Ag+].[K+]. The Kier molecular flexibility index (Phi) is 37.0. The minimum absolute atomic E-state index is 0. The van der Waals surface area contributed by atoms with Crippen LogP contribution < -0.4 is 61.6 Å². The molecule has 0 saturated heterocycles. The Morgan fingerprint density at radius 2 is 1.00 bits per heavy atom. The van der Waals surface area contributed by atoms with E-state index in [-0.39, 0.29) is 73.8 Å². The standard InChI is InChI=1S/2CH2O3.Ag.K/c2*2-1(3)4;;/h2*(H2,2,3,4);;/q;;2*+1/p-2. The Bertz CT molecular complexity index is 73.7. The van der Waals surface area contributed by atoms with Crippen LogP contribution in [0.15, 0.2) is 0 Å². The molecule has 0 saturated carbocycles. The van der Waals surface area contributed by atoms with Crippen molar-refractivity contribution < 1.29 is 104 Å². The predicted molar refractivity (Wildman–Crippen MR) is 16.0 cm³/mol. The van der Waals surface area contributed by atoms with Crippen LogP contribution in [0.4, 0.5) is 9.59 Å². The summed E-state index contributed by atoms with van der Waals surface area (Å²) in [5.74, 6) is 0. The van der Waals surface area contributed by atoms with Crippen LogP contribution >= 0.6 is 0 Å². The third kappa shape index (κ3) is 665. The molecule has 0 fully saturated rings. The fourth-order valence-corrected chi connectivity index (χ4v) is 0. The van der Waals surface area contributed by atoms with Crippen molar-refractivity contribution in [2.24, 2.45) is 0 Å². The molecule has 0 aromatic rings. The number of hydrogen-bond acceptors (Lipinski definition) is 4. The number of carbonyl (C=O) groups is 2. The fraction of sp³-hybridized carbons (Fsp3) is 0. The summed E-state index contributed by atoms with van der Waals surface area (Å²) < 4.78 is 0. The van der Waals surface area contributed by atoms with Gasteiger partial charge < -0.3 is 30.0 Å². The summed E-state index contributed by atoms with van der Waals surface area (Å²) in [5, 5.41) is 30.6. The van der Waals surface area contributed by atoms with Crippen LogP contribution in [0.1, 0.15) is 0 Å². The molecule has 0 aliphatic heterocycles. The minimum atomic E-state index is -2.08. The molecule has 0 amide bonds. The van der Waals surface area contributed by atoms with Gasteiger partial charge in [-0.15, -0.1) is 0 Å². The molecular weight excluding hydrogens is 267 g/mol. The van der Waals surface area contributed by atoms with Crippen molar-refractivity contribution in [3.63, 3.8) is 0 Å². The summed E-state index contributed by atoms with van der Waals surface area (Å²) >= 11 is 0. The van der Waals surface area contributed by atoms with E-state index < -0.39 is 12.3 Å². The predicted octanol–water partition coefficient (Wildman–Crippen LogP) is -5.22. The summed E-state index contributed by atoms with van der Waals surface area (Å²) in [7, 11) is 0. The van der Waals surface area contributed by atoms with Gasteiger partial charge in [0.1, 0.15) is 0 Å². The molecule has 0 bridgehead atoms. The Morgan fingerprint density at radius 3 is 1.00 bits per heavy atom. The summed E-state index contributed by atoms with van der Waals surface area (Å²) in [5.41, 5.74) is 0. The van der Waals surface area contributed by atoms with Gasteiger partial charge in [0.25, 0.3) is 0 Å². The third-order valence-corrected chi connectivity index (χ3v) is 0. The monoisotopic (exact) mass is 268 g/mol. The van der Waals surface area contributed by atoms with Gasteiger partial charge in [-0.2, -0.15) is 0 Å². The van der Waals surface area contributed by atoms with Crippen molar-refractivity contribution in [2.45, 2.75) is 0 Å². The van der Waals surface area contributed by atoms with Gasteiger partial charge in [-0.05, 0) is 0 Å². The minimum Gasteiger partial charge on any atom is -0.565 e. The van der Waals surface area contributed by atoms with Crippen LogP contribution in [0.5, 0.6) is 0 Å². The van der Waals surface area contributed by atoms with Crippen LogP contribution in [-0.2, 0) is 22.4 Å². The van der Waals surface area contributed by atoms with Crippen molar-refractivity contribution >= 4 is 12.3 Å². The van der Waals surface area contributed by atoms with E-state index in [4.69, 9.17) is 30.0 Å². The van der Waals surface area contributed by atoms with Crippen LogP contribution in [-0.4, -0.2) is 22.5 Å². The molecule has 0 atom stereocenters. The largest absolute Gasteiger partial charge is 1.00 e. The molecule has 2 N–H and O–H groups in total. The van der Waals surface area contributed by atoms with Gasteiger partial charge in [0.2, 0.25) is 12.3 Å². The molecule has 6 nitrogen and oxygen atoms in total. The van der Waals surface area contributed by atoms with Crippen molar-refractivity contribution in [3.8, 4) is 0 Å². The molecule has 0 heterocycles. The topological polar surface area (TPSA) is 121 Å². The molecule has 0 rings (SSSR count). The smallest absolute Gasteiger partial charge is 0.565 e. The molecular formula is C2H2AgKO6. The van der Waals surface area contributed by atoms with Gasteiger partial charge >= 0.3 is 73.8 Å². The van der Waals surface area contributed by atoms with Crippen molar-refractivity contribution in [1.82, 2.24) is 0 Å². The van der Waals surface area contributed by atoms with Crippen LogP contribution in [0.25, 0.3) is 0 Å². The van der Waals surface area contributed by atoms with E-state index in [1.165, 1.54) is 0 Å². The fourth-order valence-electron chi connectivity index (χ4n) is 0. The van der Waals surface area contributed by atoms with Crippen LogP contribution in [0, 0.1) is 0 Å². The summed E-state index contributed by atoms with van der Waals surface area (Å²) in [4.78, 5) is 16.9. The zero-order chi connectivity index (χ0) is 7.15. The molecule has 0 aliphatic carbocycles. The van der Waals surface area contributed by atoms with Gasteiger partial charge in [0, 0.05) is 0 Å². The Balaban J connectivity index is -0.0000000300. The number of carboxylic acid groups (broad SMARTS) is 4. The second-order valence-electron chi connectivity index (χ2n) is 0.532. The Labute approximate surface area is 114 Å². The maximum Gasteiger partial charge on any atom is 1.00 e. The number of hydrogen-bond donors (Lipinski definition) is 2. The van der Waals surface area contributed by atoms with E-state index in [0.29, 0.717) is 0 Å². The average Bonchev–Trinajstić information content (AvgIpc) is 1.25. The molecule has 0 aromatic carbocycles. The Morgan fingerprint density at radius 1 is 1.00 bits per heavy atom. The van der Waals surface area contributed by atoms with Crippen molar-refractivity contribution in [3.05, 3.63) is 0 Å². The molecule has 0 aliphatic rings. The maximum absolute atomic E-state index is 8.44. The third-order valence-electron chi connectivity index (χ3n) is 0. The van der Waals surface area contributed by atoms with E-state index in [1.807, 2.05) is 0 Å². The maximum atomic E-state index is 8.44. The first-order valence-corrected chi connectivity index (χ1v) is 1.26. The number of rotatable bonds is 0. The molecule has 10 heavy (non-hydrogen) atoms. The summed E-state index contributed by atoms with van der Waals surface area (Å²) in [6, 6.07) is 0. The zero-order valence-corrected chi connectivity index (χ0v) is 9.43. The van der Waals surface area contributed by atoms with E-state index in [9.17, 15) is 0 Å². The van der Waals surface area contributed by atoms with E-state index in [2.05, 4.69) is 0 Å². The van der Waals surface area contributed by atoms with E-state index in [1.54, 1.807) is 0 Å². The molecule has 0 unspecified atom stereocenters. The van der Waals surface area contributed by atoms with Gasteiger partial charge in [-0.1, -0.05) is 0 Å². The normalized spacial score (nSPS) is 4.80. The first-order chi connectivity index (χ1) is 3.46. The van der Waals surface area contributed by atoms with Crippen LogP contribution in [0.3, 0.4) is 0 Å². The summed E-state index contributed by atoms with van der Waals surface area (Å²) in [6.07, 6.45) is -4.17. The van der Waals surface area contributed by atoms with E-state index in [0.717, 1.165) is 0 Å². The van der Waals surface area contributed by atoms with Crippen molar-refractivity contribution in [1.29, 1.82) is 0 Å². The average molecular weight is 269 g/mol. The molecule has 0 radical (unpaired) electrons. The molecule has 0 aromatic heterocycles. The van der Waals surface area contributed by atoms with Gasteiger partial charge in [-0.3, -0.25) is 0 Å². The van der Waals surface area contributed by atoms with E-state index >= 15 is 0 Å². The zero-order valence-electron chi connectivity index (χ0n) is 4.83. The van der Waals surface area contributed by atoms with Crippen molar-refractivity contribution in [2.75, 3.05) is 0 Å². The molecule has 0 spiro atoms. The first kappa shape index (κ1) is 22.4. The molecule has 8 heteroatoms. The summed E-state index contributed by atoms with van der Waals surface area (Å²) in [6.45, 7) is 0. The van der Waals surface area contributed by atoms with Crippen LogP contribution in [0.2, 0.25) is 0 Å². The Hall–Kier alpha value is 0.917. The molecule has 58 valence electrons. The van der Waals surface area contributed by atoms with Gasteiger partial charge in [0.15, 0.2) is 0 Å². The van der Waals surface area contributed by atoms with Gasteiger partial charge in [-0.25, -0.2) is 0 Å². The second kappa shape index (κ2) is 16.5. The second-order valence-corrected chi connectivity index (χ2v) is 0.532. The van der Waals surface area contributed by atoms with Gasteiger partial charge in [0.05, 0.1) is 0 Å².